The molecule has 3 aromatic rings. The lowest BCUT2D eigenvalue weighted by atomic mass is 9.72. The molecular weight excluding hydrogens is 484 g/mol. The van der Waals surface area contributed by atoms with E-state index in [-0.39, 0.29) is 30.6 Å². The monoisotopic (exact) mass is 512 g/mol. The highest BCUT2D eigenvalue weighted by Gasteiger charge is 2.43. The molecule has 0 saturated carbocycles. The van der Waals surface area contributed by atoms with Crippen LogP contribution in [0.4, 0.5) is 17.6 Å². The molecule has 8 heteroatoms. The van der Waals surface area contributed by atoms with Crippen LogP contribution in [0.15, 0.2) is 78.9 Å². The van der Waals surface area contributed by atoms with Gasteiger partial charge in [-0.2, -0.15) is 13.2 Å². The SMILES string of the molecule is O=C(CCc1ccc(F)cc1)N1CCC(C(=O)NCc2cccc(C(F)(F)F)c2)(c2ccccc2)CC1. The van der Waals surface area contributed by atoms with Crippen molar-refractivity contribution in [2.75, 3.05) is 13.1 Å². The predicted octanol–water partition coefficient (Wildman–Crippen LogP) is 5.65. The van der Waals surface area contributed by atoms with E-state index in [0.717, 1.165) is 23.3 Å². The fourth-order valence-electron chi connectivity index (χ4n) is 4.81. The van der Waals surface area contributed by atoms with Crippen LogP contribution < -0.4 is 5.32 Å². The lowest BCUT2D eigenvalue weighted by Crippen LogP contribution is -2.52. The van der Waals surface area contributed by atoms with Crippen LogP contribution >= 0.6 is 0 Å². The summed E-state index contributed by atoms with van der Waals surface area (Å²) in [7, 11) is 0. The molecule has 3 aromatic carbocycles. The molecular formula is C29H28F4N2O2. The summed E-state index contributed by atoms with van der Waals surface area (Å²) in [6, 6.07) is 20.3. The van der Waals surface area contributed by atoms with E-state index in [1.807, 2.05) is 30.3 Å². The number of nitrogens with one attached hydrogen (secondary N) is 1. The first kappa shape index (κ1) is 26.4. The topological polar surface area (TPSA) is 49.4 Å². The maximum Gasteiger partial charge on any atom is 0.416 e. The van der Waals surface area contributed by atoms with Crippen LogP contribution in [-0.4, -0.2) is 29.8 Å². The second-order valence-corrected chi connectivity index (χ2v) is 9.34. The quantitative estimate of drug-likeness (QED) is 0.416. The third-order valence-corrected chi connectivity index (χ3v) is 6.98. The summed E-state index contributed by atoms with van der Waals surface area (Å²) in [5.41, 5.74) is 0.398. The van der Waals surface area contributed by atoms with Gasteiger partial charge in [-0.05, 0) is 60.2 Å². The van der Waals surface area contributed by atoms with Crippen LogP contribution in [0.5, 0.6) is 0 Å². The van der Waals surface area contributed by atoms with Gasteiger partial charge in [0.05, 0.1) is 11.0 Å². The van der Waals surface area contributed by atoms with Crippen LogP contribution in [0.3, 0.4) is 0 Å². The van der Waals surface area contributed by atoms with E-state index in [9.17, 15) is 27.2 Å². The number of piperidine rings is 1. The number of hydrogen-bond acceptors (Lipinski definition) is 2. The number of amides is 2. The van der Waals surface area contributed by atoms with Crippen molar-refractivity contribution in [3.05, 3.63) is 107 Å². The van der Waals surface area contributed by atoms with Gasteiger partial charge in [0.2, 0.25) is 11.8 Å². The Hall–Kier alpha value is -3.68. The zero-order chi connectivity index (χ0) is 26.5. The minimum atomic E-state index is -4.46. The molecule has 1 heterocycles. The van der Waals surface area contributed by atoms with Crippen molar-refractivity contribution in [2.45, 2.75) is 43.8 Å². The highest BCUT2D eigenvalue weighted by Crippen LogP contribution is 2.36. The molecule has 4 rings (SSSR count). The summed E-state index contributed by atoms with van der Waals surface area (Å²) < 4.78 is 52.3. The molecule has 0 atom stereocenters. The van der Waals surface area contributed by atoms with Crippen molar-refractivity contribution < 1.29 is 27.2 Å². The van der Waals surface area contributed by atoms with Crippen LogP contribution in [-0.2, 0) is 34.1 Å². The molecule has 0 aromatic heterocycles. The minimum Gasteiger partial charge on any atom is -0.351 e. The Morgan fingerprint density at radius 1 is 0.865 bits per heavy atom. The number of rotatable bonds is 7. The Bertz CT molecular complexity index is 1220. The number of benzene rings is 3. The Labute approximate surface area is 213 Å². The Kier molecular flexibility index (Phi) is 7.95. The number of likely N-dealkylation sites (tertiary alicyclic amines) is 1. The van der Waals surface area contributed by atoms with Gasteiger partial charge in [0.15, 0.2) is 0 Å². The normalized spacial score (nSPS) is 15.3. The molecule has 2 amide bonds. The Balaban J connectivity index is 1.42. The first-order chi connectivity index (χ1) is 17.7. The largest absolute Gasteiger partial charge is 0.416 e. The molecule has 0 radical (unpaired) electrons. The van der Waals surface area contributed by atoms with E-state index in [2.05, 4.69) is 5.32 Å². The summed E-state index contributed by atoms with van der Waals surface area (Å²) in [6.07, 6.45) is -2.88. The third-order valence-electron chi connectivity index (χ3n) is 6.98. The van der Waals surface area contributed by atoms with Crippen molar-refractivity contribution in [3.63, 3.8) is 0 Å². The van der Waals surface area contributed by atoms with Gasteiger partial charge in [-0.15, -0.1) is 0 Å². The maximum atomic E-state index is 13.5. The molecule has 1 aliphatic heterocycles. The third kappa shape index (κ3) is 6.37. The lowest BCUT2D eigenvalue weighted by Gasteiger charge is -2.41. The highest BCUT2D eigenvalue weighted by molar-refractivity contribution is 5.89. The molecule has 0 aliphatic carbocycles. The van der Waals surface area contributed by atoms with Gasteiger partial charge in [0.1, 0.15) is 5.82 Å². The number of halogens is 4. The average Bonchev–Trinajstić information content (AvgIpc) is 2.91. The standard InChI is InChI=1S/C29H28F4N2O2/c30-25-12-9-21(10-13-25)11-14-26(36)35-17-15-28(16-18-35,23-6-2-1-3-7-23)27(37)34-20-22-5-4-8-24(19-22)29(31,32)33/h1-10,12-13,19H,11,14-18,20H2,(H,34,37). The predicted molar refractivity (Wildman–Crippen MR) is 132 cm³/mol. The molecule has 37 heavy (non-hydrogen) atoms. The molecule has 1 saturated heterocycles. The van der Waals surface area contributed by atoms with Gasteiger partial charge >= 0.3 is 6.18 Å². The fourth-order valence-corrected chi connectivity index (χ4v) is 4.81. The molecule has 4 nitrogen and oxygen atoms in total. The number of carbonyl (C=O) groups excluding carboxylic acids is 2. The van der Waals surface area contributed by atoms with Gasteiger partial charge in [0, 0.05) is 26.1 Å². The first-order valence-corrected chi connectivity index (χ1v) is 12.2. The van der Waals surface area contributed by atoms with Gasteiger partial charge in [-0.1, -0.05) is 54.6 Å². The van der Waals surface area contributed by atoms with Gasteiger partial charge in [-0.3, -0.25) is 9.59 Å². The molecule has 1 fully saturated rings. The van der Waals surface area contributed by atoms with E-state index < -0.39 is 17.2 Å². The van der Waals surface area contributed by atoms with E-state index in [0.29, 0.717) is 37.9 Å². The van der Waals surface area contributed by atoms with Gasteiger partial charge in [0.25, 0.3) is 0 Å². The maximum absolute atomic E-state index is 13.5. The number of alkyl halides is 3. The summed E-state index contributed by atoms with van der Waals surface area (Å²) >= 11 is 0. The van der Waals surface area contributed by atoms with Crippen LogP contribution in [0.2, 0.25) is 0 Å². The summed E-state index contributed by atoms with van der Waals surface area (Å²) in [5.74, 6) is -0.625. The van der Waals surface area contributed by atoms with Gasteiger partial charge < -0.3 is 10.2 Å². The molecule has 1 N–H and O–H groups in total. The van der Waals surface area contributed by atoms with Crippen LogP contribution in [0.1, 0.15) is 41.5 Å². The van der Waals surface area contributed by atoms with E-state index >= 15 is 0 Å². The summed E-state index contributed by atoms with van der Waals surface area (Å²) in [6.45, 7) is 0.736. The Morgan fingerprint density at radius 3 is 2.19 bits per heavy atom. The smallest absolute Gasteiger partial charge is 0.351 e. The van der Waals surface area contributed by atoms with E-state index in [4.69, 9.17) is 0 Å². The number of carbonyl (C=O) groups is 2. The lowest BCUT2D eigenvalue weighted by molar-refractivity contribution is -0.137. The zero-order valence-electron chi connectivity index (χ0n) is 20.2. The molecule has 0 bridgehead atoms. The van der Waals surface area contributed by atoms with Crippen molar-refractivity contribution in [2.24, 2.45) is 0 Å². The van der Waals surface area contributed by atoms with E-state index in [1.54, 1.807) is 23.1 Å². The second-order valence-electron chi connectivity index (χ2n) is 9.34. The fraction of sp³-hybridized carbons (Fsp3) is 0.310. The first-order valence-electron chi connectivity index (χ1n) is 12.2. The summed E-state index contributed by atoms with van der Waals surface area (Å²) in [5, 5.41) is 2.84. The van der Waals surface area contributed by atoms with E-state index in [1.165, 1.54) is 18.2 Å². The van der Waals surface area contributed by atoms with Gasteiger partial charge in [-0.25, -0.2) is 4.39 Å². The van der Waals surface area contributed by atoms with Crippen molar-refractivity contribution in [1.29, 1.82) is 0 Å². The second kappa shape index (κ2) is 11.2. The van der Waals surface area contributed by atoms with Crippen molar-refractivity contribution in [3.8, 4) is 0 Å². The van der Waals surface area contributed by atoms with Crippen LogP contribution in [0.25, 0.3) is 0 Å². The average molecular weight is 513 g/mol. The highest BCUT2D eigenvalue weighted by atomic mass is 19.4. The van der Waals surface area contributed by atoms with Crippen LogP contribution in [0, 0.1) is 5.82 Å². The zero-order valence-corrected chi connectivity index (χ0v) is 20.2. The van der Waals surface area contributed by atoms with Crippen molar-refractivity contribution in [1.82, 2.24) is 10.2 Å². The molecule has 0 spiro atoms. The molecule has 1 aliphatic rings. The molecule has 194 valence electrons. The minimum absolute atomic E-state index is 0.0301. The number of aryl methyl sites for hydroxylation is 1. The van der Waals surface area contributed by atoms with Crippen molar-refractivity contribution >= 4 is 11.8 Å². The molecule has 0 unspecified atom stereocenters. The summed E-state index contributed by atoms with van der Waals surface area (Å²) in [4.78, 5) is 28.1. The number of nitrogens with zero attached hydrogens (tertiary/aromatic N) is 1. The Morgan fingerprint density at radius 2 is 1.54 bits per heavy atom. The number of hydrogen-bond donors (Lipinski definition) is 1.